The van der Waals surface area contributed by atoms with Crippen LogP contribution < -0.4 is 5.43 Å². The van der Waals surface area contributed by atoms with Crippen LogP contribution in [0.3, 0.4) is 0 Å². The molecule has 1 aliphatic carbocycles. The van der Waals surface area contributed by atoms with Crippen LogP contribution in [-0.4, -0.2) is 16.1 Å². The topological polar surface area (TPSA) is 79.9 Å². The Morgan fingerprint density at radius 1 is 1.36 bits per heavy atom. The zero-order valence-electron chi connectivity index (χ0n) is 13.4. The van der Waals surface area contributed by atoms with Crippen LogP contribution in [-0.2, 0) is 16.0 Å². The monoisotopic (exact) mass is 344 g/mol. The van der Waals surface area contributed by atoms with Gasteiger partial charge in [-0.25, -0.2) is 8.78 Å². The summed E-state index contributed by atoms with van der Waals surface area (Å²) in [5, 5.41) is 8.85. The van der Waals surface area contributed by atoms with Crippen LogP contribution in [0.1, 0.15) is 43.4 Å². The number of nitrogens with zero attached hydrogens (tertiary/aromatic N) is 2. The van der Waals surface area contributed by atoms with E-state index in [9.17, 15) is 23.2 Å². The summed E-state index contributed by atoms with van der Waals surface area (Å²) in [5.41, 5.74) is -1.48. The zero-order chi connectivity index (χ0) is 18.3. The number of rotatable bonds is 5. The number of Topliss-reactive ketones (excluding diaryl/α,β-unsaturated/α-hetero) is 2. The van der Waals surface area contributed by atoms with Crippen molar-refractivity contribution in [2.24, 2.45) is 0 Å². The minimum atomic E-state index is -1.03. The lowest BCUT2D eigenvalue weighted by Gasteiger charge is -2.14. The first-order valence-corrected chi connectivity index (χ1v) is 7.80. The lowest BCUT2D eigenvalue weighted by Crippen LogP contribution is -2.17. The van der Waals surface area contributed by atoms with Crippen LogP contribution in [0.15, 0.2) is 17.1 Å². The van der Waals surface area contributed by atoms with Gasteiger partial charge in [0, 0.05) is 24.2 Å². The van der Waals surface area contributed by atoms with Crippen LogP contribution in [0.4, 0.5) is 8.78 Å². The lowest BCUT2D eigenvalue weighted by molar-refractivity contribution is -0.125. The molecule has 128 valence electrons. The Labute approximate surface area is 141 Å². The number of carbonyl (C=O) groups excluding carboxylic acids is 2. The number of aromatic nitrogens is 1. The van der Waals surface area contributed by atoms with Crippen LogP contribution in [0.2, 0.25) is 0 Å². The van der Waals surface area contributed by atoms with Crippen LogP contribution in [0.25, 0.3) is 10.9 Å². The summed E-state index contributed by atoms with van der Waals surface area (Å²) in [6.45, 7) is 1.22. The Balaban J connectivity index is 2.23. The van der Waals surface area contributed by atoms with Gasteiger partial charge in [0.2, 0.25) is 5.43 Å². The number of hydrogen-bond acceptors (Lipinski definition) is 4. The van der Waals surface area contributed by atoms with Gasteiger partial charge in [0.25, 0.3) is 0 Å². The van der Waals surface area contributed by atoms with E-state index >= 15 is 0 Å². The van der Waals surface area contributed by atoms with E-state index in [1.807, 2.05) is 0 Å². The average Bonchev–Trinajstić information content (AvgIpc) is 3.36. The first-order chi connectivity index (χ1) is 11.8. The van der Waals surface area contributed by atoms with E-state index in [0.717, 1.165) is 18.9 Å². The maximum atomic E-state index is 15.0. The molecule has 0 amide bonds. The third-order valence-electron chi connectivity index (χ3n) is 4.18. The molecule has 0 unspecified atom stereocenters. The normalized spacial score (nSPS) is 13.7. The van der Waals surface area contributed by atoms with Gasteiger partial charge >= 0.3 is 0 Å². The highest BCUT2D eigenvalue weighted by molar-refractivity contribution is 5.99. The second-order valence-electron chi connectivity index (χ2n) is 6.26. The van der Waals surface area contributed by atoms with E-state index in [2.05, 4.69) is 0 Å². The molecule has 1 heterocycles. The lowest BCUT2D eigenvalue weighted by atomic mass is 10.0. The van der Waals surface area contributed by atoms with E-state index in [1.54, 1.807) is 6.07 Å². The fourth-order valence-corrected chi connectivity index (χ4v) is 2.90. The van der Waals surface area contributed by atoms with Crippen molar-refractivity contribution in [2.45, 2.75) is 38.6 Å². The minimum absolute atomic E-state index is 0.0593. The maximum absolute atomic E-state index is 15.0. The summed E-state index contributed by atoms with van der Waals surface area (Å²) in [6.07, 6.45) is 1.84. The molecule has 0 spiro atoms. The average molecular weight is 344 g/mol. The molecule has 3 rings (SSSR count). The number of hydrogen-bond donors (Lipinski definition) is 0. The summed E-state index contributed by atoms with van der Waals surface area (Å²) >= 11 is 0. The molecule has 1 aromatic carbocycles. The van der Waals surface area contributed by atoms with Gasteiger partial charge < -0.3 is 4.57 Å². The number of carbonyl (C=O) groups is 2. The smallest absolute Gasteiger partial charge is 0.207 e. The number of ketones is 2. The molecule has 0 saturated heterocycles. The Bertz CT molecular complexity index is 1010. The van der Waals surface area contributed by atoms with E-state index < -0.39 is 41.3 Å². The van der Waals surface area contributed by atoms with E-state index in [4.69, 9.17) is 5.26 Å². The molecule has 0 radical (unpaired) electrons. The third-order valence-corrected chi connectivity index (χ3v) is 4.18. The SMILES string of the molecule is CC(=O)CC(=O)Cc1c(F)cc2c(=O)c(C#N)cn(C3CC3)c2c1F. The van der Waals surface area contributed by atoms with Crippen LogP contribution >= 0.6 is 0 Å². The fourth-order valence-electron chi connectivity index (χ4n) is 2.90. The first-order valence-electron chi connectivity index (χ1n) is 7.80. The van der Waals surface area contributed by atoms with Crippen molar-refractivity contribution in [1.29, 1.82) is 5.26 Å². The van der Waals surface area contributed by atoms with Gasteiger partial charge in [0.05, 0.1) is 17.3 Å². The number of fused-ring (bicyclic) bond motifs is 1. The highest BCUT2D eigenvalue weighted by Gasteiger charge is 2.29. The molecule has 1 saturated carbocycles. The molecule has 0 atom stereocenters. The van der Waals surface area contributed by atoms with Gasteiger partial charge in [-0.1, -0.05) is 0 Å². The Hall–Kier alpha value is -2.88. The summed E-state index contributed by atoms with van der Waals surface area (Å²) < 4.78 is 30.8. The van der Waals surface area contributed by atoms with Crippen molar-refractivity contribution < 1.29 is 18.4 Å². The Kier molecular flexibility index (Phi) is 4.21. The van der Waals surface area contributed by atoms with E-state index in [1.165, 1.54) is 17.7 Å². The molecule has 1 aromatic heterocycles. The van der Waals surface area contributed by atoms with Crippen molar-refractivity contribution >= 4 is 22.5 Å². The Morgan fingerprint density at radius 2 is 2.04 bits per heavy atom. The minimum Gasteiger partial charge on any atom is -0.340 e. The number of halogens is 2. The van der Waals surface area contributed by atoms with Crippen LogP contribution in [0, 0.1) is 23.0 Å². The zero-order valence-corrected chi connectivity index (χ0v) is 13.4. The molecule has 5 nitrogen and oxygen atoms in total. The maximum Gasteiger partial charge on any atom is 0.207 e. The second kappa shape index (κ2) is 6.20. The summed E-state index contributed by atoms with van der Waals surface area (Å²) in [5.74, 6) is -3.00. The number of nitriles is 1. The molecule has 0 bridgehead atoms. The molecule has 25 heavy (non-hydrogen) atoms. The molecular weight excluding hydrogens is 330 g/mol. The van der Waals surface area contributed by atoms with Crippen molar-refractivity contribution in [3.63, 3.8) is 0 Å². The van der Waals surface area contributed by atoms with Gasteiger partial charge in [-0.3, -0.25) is 14.4 Å². The van der Waals surface area contributed by atoms with Gasteiger partial charge in [0.15, 0.2) is 5.82 Å². The van der Waals surface area contributed by atoms with E-state index in [0.29, 0.717) is 0 Å². The predicted molar refractivity (Wildman–Crippen MR) is 85.1 cm³/mol. The van der Waals surface area contributed by atoms with Crippen molar-refractivity contribution in [1.82, 2.24) is 4.57 Å². The second-order valence-corrected chi connectivity index (χ2v) is 6.26. The number of pyridine rings is 1. The summed E-state index contributed by atoms with van der Waals surface area (Å²) in [4.78, 5) is 35.1. The van der Waals surface area contributed by atoms with Gasteiger partial charge in [0.1, 0.15) is 29.0 Å². The molecular formula is C18H14F2N2O3. The fraction of sp³-hybridized carbons (Fsp3) is 0.333. The summed E-state index contributed by atoms with van der Waals surface area (Å²) in [6, 6.07) is 2.56. The third kappa shape index (κ3) is 3.07. The Morgan fingerprint density at radius 3 is 2.60 bits per heavy atom. The molecule has 1 fully saturated rings. The van der Waals surface area contributed by atoms with Crippen molar-refractivity contribution in [2.75, 3.05) is 0 Å². The van der Waals surface area contributed by atoms with Gasteiger partial charge in [-0.2, -0.15) is 5.26 Å². The van der Waals surface area contributed by atoms with Crippen molar-refractivity contribution in [3.05, 3.63) is 45.2 Å². The predicted octanol–water partition coefficient (Wildman–Crippen LogP) is 2.58. The standard InChI is InChI=1S/C18H14F2N2O3/c1-9(23)4-12(24)5-13-15(19)6-14-17(16(13)20)22(11-2-3-11)8-10(7-21)18(14)25/h6,8,11H,2-5H2,1H3. The molecule has 0 N–H and O–H groups in total. The summed E-state index contributed by atoms with van der Waals surface area (Å²) in [7, 11) is 0. The van der Waals surface area contributed by atoms with Gasteiger partial charge in [-0.15, -0.1) is 0 Å². The molecule has 7 heteroatoms. The molecule has 1 aliphatic rings. The first kappa shape index (κ1) is 17.0. The van der Waals surface area contributed by atoms with E-state index in [-0.39, 0.29) is 28.3 Å². The number of benzene rings is 1. The largest absolute Gasteiger partial charge is 0.340 e. The van der Waals surface area contributed by atoms with Crippen molar-refractivity contribution in [3.8, 4) is 6.07 Å². The van der Waals surface area contributed by atoms with Crippen LogP contribution in [0.5, 0.6) is 0 Å². The highest BCUT2D eigenvalue weighted by atomic mass is 19.1. The molecule has 0 aliphatic heterocycles. The quantitative estimate of drug-likeness (QED) is 0.781. The highest BCUT2D eigenvalue weighted by Crippen LogP contribution is 2.38. The molecule has 2 aromatic rings. The van der Waals surface area contributed by atoms with Gasteiger partial charge in [-0.05, 0) is 25.8 Å².